The van der Waals surface area contributed by atoms with Gasteiger partial charge >= 0.3 is 0 Å². The Morgan fingerprint density at radius 3 is 2.50 bits per heavy atom. The third-order valence-corrected chi connectivity index (χ3v) is 3.24. The lowest BCUT2D eigenvalue weighted by Gasteiger charge is -2.27. The average Bonchev–Trinajstić information content (AvgIpc) is 2.88. The van der Waals surface area contributed by atoms with Crippen molar-refractivity contribution in [2.75, 3.05) is 19.6 Å². The minimum Gasteiger partial charge on any atom is -0.368 e. The topological polar surface area (TPSA) is 75.4 Å². The first-order chi connectivity index (χ1) is 9.50. The molecule has 1 aromatic carbocycles. The number of nitrogens with zero attached hydrogens (tertiary/aromatic N) is 1. The van der Waals surface area contributed by atoms with Gasteiger partial charge in [-0.25, -0.2) is 8.78 Å². The zero-order chi connectivity index (χ0) is 14.7. The molecule has 20 heavy (non-hydrogen) atoms. The lowest BCUT2D eigenvalue weighted by Crippen LogP contribution is -2.46. The molecule has 1 aliphatic heterocycles. The summed E-state index contributed by atoms with van der Waals surface area (Å²) < 4.78 is 27.3. The molecule has 0 radical (unpaired) electrons. The van der Waals surface area contributed by atoms with E-state index in [4.69, 9.17) is 5.73 Å². The fourth-order valence-corrected chi connectivity index (χ4v) is 2.29. The van der Waals surface area contributed by atoms with Crippen LogP contribution in [0.3, 0.4) is 0 Å². The monoisotopic (exact) mass is 283 g/mol. The first kappa shape index (κ1) is 14.4. The Bertz CT molecular complexity index is 510. The van der Waals surface area contributed by atoms with Gasteiger partial charge in [0.1, 0.15) is 17.2 Å². The number of nitrogens with two attached hydrogens (primary N) is 1. The minimum absolute atomic E-state index is 0.297. The second-order valence-electron chi connectivity index (χ2n) is 4.64. The van der Waals surface area contributed by atoms with Gasteiger partial charge in [0.2, 0.25) is 5.91 Å². The number of hydrogen-bond acceptors (Lipinski definition) is 3. The second kappa shape index (κ2) is 5.96. The summed E-state index contributed by atoms with van der Waals surface area (Å²) in [6.07, 6.45) is 0.606. The molecule has 7 heteroatoms. The van der Waals surface area contributed by atoms with Gasteiger partial charge in [0.05, 0.1) is 6.54 Å². The molecule has 0 spiro atoms. The normalized spacial score (nSPS) is 18.0. The number of nitrogens with one attached hydrogen (secondary N) is 1. The van der Waals surface area contributed by atoms with Crippen molar-refractivity contribution in [1.29, 1.82) is 0 Å². The summed E-state index contributed by atoms with van der Waals surface area (Å²) in [6, 6.07) is 2.89. The average molecular weight is 283 g/mol. The zero-order valence-electron chi connectivity index (χ0n) is 10.7. The quantitative estimate of drug-likeness (QED) is 0.832. The summed E-state index contributed by atoms with van der Waals surface area (Å²) in [4.78, 5) is 24.5. The summed E-state index contributed by atoms with van der Waals surface area (Å²) in [6.45, 7) is 0.779. The molecule has 1 unspecified atom stereocenters. The first-order valence-corrected chi connectivity index (χ1v) is 6.24. The fourth-order valence-electron chi connectivity index (χ4n) is 2.29. The highest BCUT2D eigenvalue weighted by Crippen LogP contribution is 2.18. The SMILES string of the molecule is NC(=O)CN(C(=O)c1c(F)cccc1F)C1CCNC1. The van der Waals surface area contributed by atoms with Crippen molar-refractivity contribution in [1.82, 2.24) is 10.2 Å². The highest BCUT2D eigenvalue weighted by molar-refractivity contribution is 5.97. The molecule has 2 rings (SSSR count). The molecular weight excluding hydrogens is 268 g/mol. The summed E-state index contributed by atoms with van der Waals surface area (Å²) in [5, 5.41) is 3.03. The van der Waals surface area contributed by atoms with Crippen LogP contribution >= 0.6 is 0 Å². The third kappa shape index (κ3) is 2.93. The van der Waals surface area contributed by atoms with Crippen molar-refractivity contribution in [2.24, 2.45) is 5.73 Å². The molecule has 5 nitrogen and oxygen atoms in total. The summed E-state index contributed by atoms with van der Waals surface area (Å²) in [7, 11) is 0. The van der Waals surface area contributed by atoms with Crippen LogP contribution in [0.4, 0.5) is 8.78 Å². The van der Waals surface area contributed by atoms with Crippen LogP contribution in [0.25, 0.3) is 0 Å². The minimum atomic E-state index is -0.949. The van der Waals surface area contributed by atoms with Crippen molar-refractivity contribution in [3.05, 3.63) is 35.4 Å². The van der Waals surface area contributed by atoms with Crippen LogP contribution < -0.4 is 11.1 Å². The lowest BCUT2D eigenvalue weighted by atomic mass is 10.1. The number of hydrogen-bond donors (Lipinski definition) is 2. The predicted octanol–water partition coefficient (Wildman–Crippen LogP) is 0.254. The molecule has 0 saturated carbocycles. The first-order valence-electron chi connectivity index (χ1n) is 6.24. The van der Waals surface area contributed by atoms with Crippen LogP contribution in [-0.2, 0) is 4.79 Å². The summed E-state index contributed by atoms with van der Waals surface area (Å²) >= 11 is 0. The van der Waals surface area contributed by atoms with E-state index in [1.54, 1.807) is 0 Å². The van der Waals surface area contributed by atoms with Crippen molar-refractivity contribution < 1.29 is 18.4 Å². The zero-order valence-corrected chi connectivity index (χ0v) is 10.7. The molecule has 1 aromatic rings. The number of halogens is 2. The molecule has 1 atom stereocenters. The van der Waals surface area contributed by atoms with Crippen LogP contribution in [0.1, 0.15) is 16.8 Å². The highest BCUT2D eigenvalue weighted by atomic mass is 19.1. The number of amides is 2. The van der Waals surface area contributed by atoms with Crippen LogP contribution in [0.5, 0.6) is 0 Å². The largest absolute Gasteiger partial charge is 0.368 e. The van der Waals surface area contributed by atoms with Gasteiger partial charge in [0.15, 0.2) is 0 Å². The number of rotatable bonds is 4. The molecule has 0 aliphatic carbocycles. The number of carbonyl (C=O) groups is 2. The fraction of sp³-hybridized carbons (Fsp3) is 0.385. The standard InChI is InChI=1S/C13H15F2N3O2/c14-9-2-1-3-10(15)12(9)13(20)18(7-11(16)19)8-4-5-17-6-8/h1-3,8,17H,4-7H2,(H2,16,19). The molecular formula is C13H15F2N3O2. The van der Waals surface area contributed by atoms with Gasteiger partial charge in [0.25, 0.3) is 5.91 Å². The van der Waals surface area contributed by atoms with E-state index in [0.29, 0.717) is 19.5 Å². The van der Waals surface area contributed by atoms with Crippen molar-refractivity contribution >= 4 is 11.8 Å². The molecule has 3 N–H and O–H groups in total. The van der Waals surface area contributed by atoms with E-state index in [1.807, 2.05) is 0 Å². The Morgan fingerprint density at radius 1 is 1.35 bits per heavy atom. The number of carbonyl (C=O) groups excluding carboxylic acids is 2. The van der Waals surface area contributed by atoms with Gasteiger partial charge < -0.3 is 16.0 Å². The van der Waals surface area contributed by atoms with Crippen molar-refractivity contribution in [3.8, 4) is 0 Å². The van der Waals surface area contributed by atoms with Gasteiger partial charge in [-0.15, -0.1) is 0 Å². The van der Waals surface area contributed by atoms with Crippen LogP contribution in [-0.4, -0.2) is 42.4 Å². The lowest BCUT2D eigenvalue weighted by molar-refractivity contribution is -0.119. The van der Waals surface area contributed by atoms with E-state index in [0.717, 1.165) is 17.0 Å². The third-order valence-electron chi connectivity index (χ3n) is 3.24. The maximum atomic E-state index is 13.7. The molecule has 2 amide bonds. The van der Waals surface area contributed by atoms with E-state index in [2.05, 4.69) is 5.32 Å². The van der Waals surface area contributed by atoms with Gasteiger partial charge in [-0.05, 0) is 25.1 Å². The Hall–Kier alpha value is -2.02. The van der Waals surface area contributed by atoms with Gasteiger partial charge in [-0.1, -0.05) is 6.07 Å². The highest BCUT2D eigenvalue weighted by Gasteiger charge is 2.31. The maximum absolute atomic E-state index is 13.7. The van der Waals surface area contributed by atoms with Gasteiger partial charge in [-0.3, -0.25) is 9.59 Å². The van der Waals surface area contributed by atoms with E-state index in [1.165, 1.54) is 6.07 Å². The van der Waals surface area contributed by atoms with Gasteiger partial charge in [0, 0.05) is 12.6 Å². The van der Waals surface area contributed by atoms with Crippen LogP contribution in [0, 0.1) is 11.6 Å². The molecule has 0 bridgehead atoms. The van der Waals surface area contributed by atoms with Crippen molar-refractivity contribution in [3.63, 3.8) is 0 Å². The summed E-state index contributed by atoms with van der Waals surface area (Å²) in [5.41, 5.74) is 4.46. The van der Waals surface area contributed by atoms with E-state index in [9.17, 15) is 18.4 Å². The van der Waals surface area contributed by atoms with Crippen LogP contribution in [0.15, 0.2) is 18.2 Å². The second-order valence-corrected chi connectivity index (χ2v) is 4.64. The number of benzene rings is 1. The van der Waals surface area contributed by atoms with E-state index in [-0.39, 0.29) is 12.6 Å². The summed E-state index contributed by atoms with van der Waals surface area (Å²) in [5.74, 6) is -3.47. The molecule has 0 aromatic heterocycles. The smallest absolute Gasteiger partial charge is 0.260 e. The molecule has 108 valence electrons. The van der Waals surface area contributed by atoms with Gasteiger partial charge in [-0.2, -0.15) is 0 Å². The Morgan fingerprint density at radius 2 is 2.00 bits per heavy atom. The van der Waals surface area contributed by atoms with E-state index >= 15 is 0 Å². The van der Waals surface area contributed by atoms with Crippen LogP contribution in [0.2, 0.25) is 0 Å². The molecule has 1 saturated heterocycles. The Balaban J connectivity index is 2.32. The predicted molar refractivity (Wildman–Crippen MR) is 67.9 cm³/mol. The molecule has 1 aliphatic rings. The molecule has 1 fully saturated rings. The Kier molecular flexibility index (Phi) is 4.29. The Labute approximate surface area is 114 Å². The maximum Gasteiger partial charge on any atom is 0.260 e. The molecule has 1 heterocycles. The van der Waals surface area contributed by atoms with Crippen molar-refractivity contribution in [2.45, 2.75) is 12.5 Å². The van der Waals surface area contributed by atoms with E-state index < -0.39 is 29.0 Å². The number of primary amides is 1.